The summed E-state index contributed by atoms with van der Waals surface area (Å²) in [5.41, 5.74) is 6.90. The normalized spacial score (nSPS) is 10.5. The predicted octanol–water partition coefficient (Wildman–Crippen LogP) is 0.752. The number of nitrogens with zero attached hydrogens (tertiary/aromatic N) is 3. The van der Waals surface area contributed by atoms with Crippen LogP contribution in [-0.4, -0.2) is 28.3 Å². The number of fused-ring (bicyclic) bond motifs is 1. The van der Waals surface area contributed by atoms with E-state index in [0.717, 1.165) is 17.5 Å². The Morgan fingerprint density at radius 1 is 1.13 bits per heavy atom. The lowest BCUT2D eigenvalue weighted by molar-refractivity contribution is 0.286. The zero-order valence-electron chi connectivity index (χ0n) is 8.26. The lowest BCUT2D eigenvalue weighted by Gasteiger charge is -2.02. The topological polar surface area (TPSA) is 73.9 Å². The largest absolute Gasteiger partial charge is 0.462 e. The van der Waals surface area contributed by atoms with Crippen molar-refractivity contribution in [3.63, 3.8) is 0 Å². The zero-order valence-corrected chi connectivity index (χ0v) is 8.26. The van der Waals surface area contributed by atoms with Gasteiger partial charge in [0.25, 0.3) is 0 Å². The van der Waals surface area contributed by atoms with E-state index in [9.17, 15) is 0 Å². The maximum Gasteiger partial charge on any atom is 0.336 e. The molecule has 0 fully saturated rings. The average molecular weight is 204 g/mol. The van der Waals surface area contributed by atoms with Gasteiger partial charge in [0.1, 0.15) is 5.52 Å². The van der Waals surface area contributed by atoms with Crippen LogP contribution in [0.2, 0.25) is 0 Å². The van der Waals surface area contributed by atoms with Gasteiger partial charge < -0.3 is 10.5 Å². The second-order valence-electron chi connectivity index (χ2n) is 3.07. The number of nitrogens with two attached hydrogens (primary N) is 1. The van der Waals surface area contributed by atoms with Gasteiger partial charge in [0.2, 0.25) is 0 Å². The second-order valence-corrected chi connectivity index (χ2v) is 3.07. The van der Waals surface area contributed by atoms with E-state index in [1.54, 1.807) is 0 Å². The highest BCUT2D eigenvalue weighted by molar-refractivity contribution is 5.73. The molecule has 0 amide bonds. The fraction of sp³-hybridized carbons (Fsp3) is 0.300. The molecular weight excluding hydrogens is 192 g/mol. The Balaban J connectivity index is 2.16. The summed E-state index contributed by atoms with van der Waals surface area (Å²) >= 11 is 0. The Labute approximate surface area is 87.3 Å². The van der Waals surface area contributed by atoms with Crippen LogP contribution in [0.3, 0.4) is 0 Å². The monoisotopic (exact) mass is 204 g/mol. The summed E-state index contributed by atoms with van der Waals surface area (Å²) in [6.45, 7) is 1.12. The molecule has 1 heterocycles. The van der Waals surface area contributed by atoms with Crippen molar-refractivity contribution in [2.45, 2.75) is 6.42 Å². The summed E-state index contributed by atoms with van der Waals surface area (Å²) in [5.74, 6) is 0. The van der Waals surface area contributed by atoms with Crippen molar-refractivity contribution < 1.29 is 4.74 Å². The minimum absolute atomic E-state index is 0.308. The van der Waals surface area contributed by atoms with E-state index < -0.39 is 0 Å². The molecule has 1 aromatic heterocycles. The number of rotatable bonds is 4. The fourth-order valence-corrected chi connectivity index (χ4v) is 1.17. The van der Waals surface area contributed by atoms with Crippen LogP contribution in [-0.2, 0) is 0 Å². The molecule has 2 rings (SSSR count). The standard InChI is InChI=1S/C10H12N4O/c11-6-3-7-15-10-12-8-4-1-2-5-9(8)13-14-10/h1-2,4-5H,3,6-7,11H2. The van der Waals surface area contributed by atoms with Crippen LogP contribution in [0.1, 0.15) is 6.42 Å². The molecular formula is C10H12N4O. The summed E-state index contributed by atoms with van der Waals surface area (Å²) in [4.78, 5) is 4.21. The maximum atomic E-state index is 5.35. The van der Waals surface area contributed by atoms with Crippen LogP contribution in [0.15, 0.2) is 24.3 Å². The number of benzene rings is 1. The van der Waals surface area contributed by atoms with Crippen molar-refractivity contribution >= 4 is 11.0 Å². The van der Waals surface area contributed by atoms with Crippen molar-refractivity contribution in [2.24, 2.45) is 5.73 Å². The van der Waals surface area contributed by atoms with Gasteiger partial charge in [0.05, 0.1) is 12.1 Å². The molecule has 0 saturated heterocycles. The highest BCUT2D eigenvalue weighted by atomic mass is 16.5. The molecule has 0 aliphatic carbocycles. The van der Waals surface area contributed by atoms with Crippen LogP contribution in [0.4, 0.5) is 0 Å². The molecule has 15 heavy (non-hydrogen) atoms. The van der Waals surface area contributed by atoms with E-state index >= 15 is 0 Å². The highest BCUT2D eigenvalue weighted by Crippen LogP contribution is 2.09. The predicted molar refractivity (Wildman–Crippen MR) is 56.5 cm³/mol. The third-order valence-corrected chi connectivity index (χ3v) is 1.92. The zero-order chi connectivity index (χ0) is 10.5. The van der Waals surface area contributed by atoms with E-state index in [1.165, 1.54) is 0 Å². The molecule has 0 saturated carbocycles. The van der Waals surface area contributed by atoms with Gasteiger partial charge in [-0.25, -0.2) is 0 Å². The van der Waals surface area contributed by atoms with Crippen molar-refractivity contribution in [3.8, 4) is 6.01 Å². The van der Waals surface area contributed by atoms with Crippen molar-refractivity contribution in [1.82, 2.24) is 15.2 Å². The molecule has 0 bridgehead atoms. The van der Waals surface area contributed by atoms with Gasteiger partial charge in [-0.05, 0) is 25.1 Å². The van der Waals surface area contributed by atoms with E-state index in [0.29, 0.717) is 19.2 Å². The van der Waals surface area contributed by atoms with Crippen LogP contribution < -0.4 is 10.5 Å². The summed E-state index contributed by atoms with van der Waals surface area (Å²) in [6.07, 6.45) is 0.788. The highest BCUT2D eigenvalue weighted by Gasteiger charge is 2.00. The maximum absolute atomic E-state index is 5.35. The van der Waals surface area contributed by atoms with Gasteiger partial charge in [-0.1, -0.05) is 17.2 Å². The number of hydrogen-bond donors (Lipinski definition) is 1. The molecule has 0 aliphatic heterocycles. The van der Waals surface area contributed by atoms with Crippen molar-refractivity contribution in [2.75, 3.05) is 13.2 Å². The number of hydrogen-bond acceptors (Lipinski definition) is 5. The first-order valence-electron chi connectivity index (χ1n) is 4.82. The summed E-state index contributed by atoms with van der Waals surface area (Å²) in [7, 11) is 0. The molecule has 1 aromatic carbocycles. The SMILES string of the molecule is NCCCOc1nnc2ccccc2n1. The average Bonchev–Trinajstić information content (AvgIpc) is 2.29. The lowest BCUT2D eigenvalue weighted by Crippen LogP contribution is -2.08. The van der Waals surface area contributed by atoms with Crippen molar-refractivity contribution in [1.29, 1.82) is 0 Å². The molecule has 2 N–H and O–H groups in total. The van der Waals surface area contributed by atoms with E-state index in [2.05, 4.69) is 15.2 Å². The van der Waals surface area contributed by atoms with Gasteiger partial charge in [-0.2, -0.15) is 4.98 Å². The Hall–Kier alpha value is -1.75. The smallest absolute Gasteiger partial charge is 0.336 e. The first-order valence-corrected chi connectivity index (χ1v) is 4.82. The minimum atomic E-state index is 0.308. The Kier molecular flexibility index (Phi) is 3.04. The molecule has 0 unspecified atom stereocenters. The molecule has 0 radical (unpaired) electrons. The second kappa shape index (κ2) is 4.65. The van der Waals surface area contributed by atoms with Gasteiger partial charge >= 0.3 is 6.01 Å². The Morgan fingerprint density at radius 2 is 1.93 bits per heavy atom. The number of aromatic nitrogens is 3. The first-order chi connectivity index (χ1) is 7.40. The molecule has 5 nitrogen and oxygen atoms in total. The molecule has 78 valence electrons. The van der Waals surface area contributed by atoms with Gasteiger partial charge in [-0.3, -0.25) is 0 Å². The minimum Gasteiger partial charge on any atom is -0.462 e. The molecule has 5 heteroatoms. The van der Waals surface area contributed by atoms with Crippen molar-refractivity contribution in [3.05, 3.63) is 24.3 Å². The summed E-state index contributed by atoms with van der Waals surface area (Å²) < 4.78 is 5.29. The third-order valence-electron chi connectivity index (χ3n) is 1.92. The summed E-state index contributed by atoms with van der Waals surface area (Å²) in [5, 5.41) is 7.85. The van der Waals surface area contributed by atoms with Crippen LogP contribution in [0.5, 0.6) is 6.01 Å². The fourth-order valence-electron chi connectivity index (χ4n) is 1.17. The van der Waals surface area contributed by atoms with Gasteiger partial charge in [-0.15, -0.1) is 5.10 Å². The first kappa shape index (κ1) is 9.79. The van der Waals surface area contributed by atoms with E-state index in [1.807, 2.05) is 24.3 Å². The lowest BCUT2D eigenvalue weighted by atomic mass is 10.3. The molecule has 0 atom stereocenters. The molecule has 2 aromatic rings. The molecule has 0 spiro atoms. The molecule has 0 aliphatic rings. The van der Waals surface area contributed by atoms with Gasteiger partial charge in [0, 0.05) is 0 Å². The number of ether oxygens (including phenoxy) is 1. The van der Waals surface area contributed by atoms with Crippen LogP contribution in [0, 0.1) is 0 Å². The number of para-hydroxylation sites is 1. The van der Waals surface area contributed by atoms with Crippen LogP contribution >= 0.6 is 0 Å². The van der Waals surface area contributed by atoms with E-state index in [4.69, 9.17) is 10.5 Å². The Bertz CT molecular complexity index is 446. The quantitative estimate of drug-likeness (QED) is 0.744. The summed E-state index contributed by atoms with van der Waals surface area (Å²) in [6, 6.07) is 7.84. The third kappa shape index (κ3) is 2.38. The van der Waals surface area contributed by atoms with E-state index in [-0.39, 0.29) is 0 Å². The van der Waals surface area contributed by atoms with Gasteiger partial charge in [0.15, 0.2) is 0 Å². The Morgan fingerprint density at radius 3 is 2.73 bits per heavy atom. The van der Waals surface area contributed by atoms with Crippen LogP contribution in [0.25, 0.3) is 11.0 Å².